The first kappa shape index (κ1) is 21.9. The number of ether oxygens (including phenoxy) is 2. The van der Waals surface area contributed by atoms with E-state index in [4.69, 9.17) is 26.1 Å². The van der Waals surface area contributed by atoms with E-state index in [0.29, 0.717) is 54.1 Å². The fourth-order valence-corrected chi connectivity index (χ4v) is 5.14. The number of benzene rings is 3. The van der Waals surface area contributed by atoms with Crippen molar-refractivity contribution in [2.75, 3.05) is 37.9 Å². The van der Waals surface area contributed by atoms with Crippen molar-refractivity contribution < 1.29 is 14.3 Å². The quantitative estimate of drug-likeness (QED) is 0.356. The van der Waals surface area contributed by atoms with Gasteiger partial charge in [0.2, 0.25) is 12.7 Å². The molecule has 2 aliphatic heterocycles. The monoisotopic (exact) mass is 512 g/mol. The normalized spacial score (nSPS) is 15.1. The highest BCUT2D eigenvalue weighted by molar-refractivity contribution is 6.33. The van der Waals surface area contributed by atoms with Crippen LogP contribution in [0, 0.1) is 0 Å². The smallest absolute Gasteiger partial charge is 0.254 e. The number of piperazine rings is 1. The number of amides is 1. The second-order valence-electron chi connectivity index (χ2n) is 8.94. The highest BCUT2D eigenvalue weighted by Crippen LogP contribution is 2.34. The molecule has 1 amide bonds. The molecule has 0 N–H and O–H groups in total. The Morgan fingerprint density at radius 1 is 0.865 bits per heavy atom. The molecular formula is C27H21ClN6O3. The van der Waals surface area contributed by atoms with E-state index in [1.807, 2.05) is 57.8 Å². The Morgan fingerprint density at radius 2 is 1.65 bits per heavy atom. The lowest BCUT2D eigenvalue weighted by molar-refractivity contribution is 0.0745. The molecule has 10 heteroatoms. The zero-order chi connectivity index (χ0) is 24.9. The van der Waals surface area contributed by atoms with E-state index in [1.54, 1.807) is 18.2 Å². The van der Waals surface area contributed by atoms with Crippen molar-refractivity contribution >= 4 is 40.0 Å². The number of nitrogens with zero attached hydrogens (tertiary/aromatic N) is 6. The van der Waals surface area contributed by atoms with Crippen LogP contribution in [0.3, 0.4) is 0 Å². The molecule has 7 rings (SSSR count). The summed E-state index contributed by atoms with van der Waals surface area (Å²) in [5.74, 6) is 2.59. The molecule has 9 nitrogen and oxygen atoms in total. The average molecular weight is 513 g/mol. The Balaban J connectivity index is 1.24. The first-order valence-corrected chi connectivity index (χ1v) is 12.4. The minimum absolute atomic E-state index is 0.0318. The van der Waals surface area contributed by atoms with Crippen molar-refractivity contribution in [3.05, 3.63) is 77.3 Å². The van der Waals surface area contributed by atoms with Crippen molar-refractivity contribution in [3.8, 4) is 22.9 Å². The Hall–Kier alpha value is -4.37. The van der Waals surface area contributed by atoms with Gasteiger partial charge < -0.3 is 19.3 Å². The van der Waals surface area contributed by atoms with Gasteiger partial charge in [-0.3, -0.25) is 4.79 Å². The molecule has 2 aliphatic rings. The van der Waals surface area contributed by atoms with Crippen LogP contribution in [0.15, 0.2) is 66.7 Å². The third-order valence-electron chi connectivity index (χ3n) is 6.81. The van der Waals surface area contributed by atoms with E-state index in [0.717, 1.165) is 28.1 Å². The predicted molar refractivity (Wildman–Crippen MR) is 139 cm³/mol. The minimum atomic E-state index is -0.0318. The zero-order valence-electron chi connectivity index (χ0n) is 19.7. The summed E-state index contributed by atoms with van der Waals surface area (Å²) in [6.45, 7) is 2.49. The van der Waals surface area contributed by atoms with Crippen LogP contribution in [0.25, 0.3) is 27.9 Å². The van der Waals surface area contributed by atoms with Crippen LogP contribution in [-0.2, 0) is 0 Å². The Labute approximate surface area is 216 Å². The van der Waals surface area contributed by atoms with Gasteiger partial charge in [-0.15, -0.1) is 10.2 Å². The van der Waals surface area contributed by atoms with Gasteiger partial charge in [0, 0.05) is 42.7 Å². The summed E-state index contributed by atoms with van der Waals surface area (Å²) in [5.41, 5.74) is 2.92. The highest BCUT2D eigenvalue weighted by Gasteiger charge is 2.27. The molecule has 5 aromatic rings. The standard InChI is InChI=1S/C27H21ClN6O3/c28-20-7-3-1-5-18(20)24-30-31-25-19-6-2-4-8-21(19)29-27(34(24)25)33-13-11-32(12-14-33)26(35)17-9-10-22-23(15-17)37-16-36-22/h1-10,15H,11-14,16H2. The number of carbonyl (C=O) groups excluding carboxylic acids is 1. The van der Waals surface area contributed by atoms with E-state index in [-0.39, 0.29) is 12.7 Å². The Bertz CT molecular complexity index is 1680. The summed E-state index contributed by atoms with van der Waals surface area (Å²) in [6.07, 6.45) is 0. The van der Waals surface area contributed by atoms with Gasteiger partial charge in [0.1, 0.15) is 0 Å². The van der Waals surface area contributed by atoms with Gasteiger partial charge in [0.15, 0.2) is 23.0 Å². The maximum atomic E-state index is 13.2. The molecule has 0 bridgehead atoms. The molecule has 0 radical (unpaired) electrons. The molecule has 1 fully saturated rings. The van der Waals surface area contributed by atoms with Crippen LogP contribution in [0.2, 0.25) is 5.02 Å². The van der Waals surface area contributed by atoms with Gasteiger partial charge >= 0.3 is 0 Å². The van der Waals surface area contributed by atoms with E-state index < -0.39 is 0 Å². The van der Waals surface area contributed by atoms with E-state index >= 15 is 0 Å². The van der Waals surface area contributed by atoms with Crippen molar-refractivity contribution in [1.29, 1.82) is 0 Å². The third kappa shape index (κ3) is 3.62. The second kappa shape index (κ2) is 8.63. The molecule has 0 atom stereocenters. The molecule has 2 aromatic heterocycles. The number of rotatable bonds is 3. The molecule has 0 spiro atoms. The van der Waals surface area contributed by atoms with Gasteiger partial charge in [-0.05, 0) is 42.5 Å². The van der Waals surface area contributed by atoms with Crippen molar-refractivity contribution in [2.45, 2.75) is 0 Å². The molecule has 0 aliphatic carbocycles. The number of para-hydroxylation sites is 1. The number of carbonyl (C=O) groups is 1. The highest BCUT2D eigenvalue weighted by atomic mass is 35.5. The summed E-state index contributed by atoms with van der Waals surface area (Å²) >= 11 is 6.54. The van der Waals surface area contributed by atoms with Crippen molar-refractivity contribution in [2.24, 2.45) is 0 Å². The van der Waals surface area contributed by atoms with Gasteiger partial charge in [-0.2, -0.15) is 0 Å². The van der Waals surface area contributed by atoms with Crippen LogP contribution in [0.1, 0.15) is 10.4 Å². The molecule has 37 heavy (non-hydrogen) atoms. The number of anilines is 1. The summed E-state index contributed by atoms with van der Waals surface area (Å²) in [5, 5.41) is 10.6. The van der Waals surface area contributed by atoms with Crippen LogP contribution >= 0.6 is 11.6 Å². The summed E-state index contributed by atoms with van der Waals surface area (Å²) in [6, 6.07) is 20.8. The largest absolute Gasteiger partial charge is 0.454 e. The second-order valence-corrected chi connectivity index (χ2v) is 9.35. The van der Waals surface area contributed by atoms with Crippen LogP contribution < -0.4 is 14.4 Å². The van der Waals surface area contributed by atoms with Crippen molar-refractivity contribution in [3.63, 3.8) is 0 Å². The third-order valence-corrected chi connectivity index (χ3v) is 7.14. The lowest BCUT2D eigenvalue weighted by atomic mass is 10.1. The summed E-state index contributed by atoms with van der Waals surface area (Å²) < 4.78 is 12.8. The van der Waals surface area contributed by atoms with Gasteiger partial charge in [-0.25, -0.2) is 9.38 Å². The van der Waals surface area contributed by atoms with Crippen LogP contribution in [0.4, 0.5) is 5.95 Å². The van der Waals surface area contributed by atoms with E-state index in [9.17, 15) is 4.79 Å². The number of hydrogen-bond donors (Lipinski definition) is 0. The lowest BCUT2D eigenvalue weighted by Gasteiger charge is -2.35. The van der Waals surface area contributed by atoms with Gasteiger partial charge in [0.25, 0.3) is 5.91 Å². The fourth-order valence-electron chi connectivity index (χ4n) is 4.92. The topological polar surface area (TPSA) is 85.1 Å². The number of fused-ring (bicyclic) bond motifs is 4. The Kier molecular flexibility index (Phi) is 5.10. The van der Waals surface area contributed by atoms with Gasteiger partial charge in [-0.1, -0.05) is 35.9 Å². The van der Waals surface area contributed by atoms with Crippen LogP contribution in [-0.4, -0.2) is 63.4 Å². The van der Waals surface area contributed by atoms with E-state index in [1.165, 1.54) is 0 Å². The van der Waals surface area contributed by atoms with Gasteiger partial charge in [0.05, 0.1) is 10.5 Å². The van der Waals surface area contributed by atoms with Crippen molar-refractivity contribution in [1.82, 2.24) is 24.5 Å². The predicted octanol–water partition coefficient (Wildman–Crippen LogP) is 4.29. The zero-order valence-corrected chi connectivity index (χ0v) is 20.4. The maximum absolute atomic E-state index is 13.2. The molecule has 1 saturated heterocycles. The molecule has 4 heterocycles. The molecule has 0 unspecified atom stereocenters. The number of halogens is 1. The average Bonchev–Trinajstić information content (AvgIpc) is 3.60. The molecule has 184 valence electrons. The summed E-state index contributed by atoms with van der Waals surface area (Å²) in [4.78, 5) is 22.3. The summed E-state index contributed by atoms with van der Waals surface area (Å²) in [7, 11) is 0. The number of hydrogen-bond acceptors (Lipinski definition) is 7. The first-order valence-electron chi connectivity index (χ1n) is 12.0. The van der Waals surface area contributed by atoms with Crippen LogP contribution in [0.5, 0.6) is 11.5 Å². The Morgan fingerprint density at radius 3 is 2.51 bits per heavy atom. The maximum Gasteiger partial charge on any atom is 0.254 e. The first-order chi connectivity index (χ1) is 18.2. The fraction of sp³-hybridized carbons (Fsp3) is 0.185. The SMILES string of the molecule is O=C(c1ccc2c(c1)OCO2)N1CCN(c2nc3ccccc3c3nnc(-c4ccccc4Cl)n23)CC1. The molecule has 3 aromatic carbocycles. The molecule has 0 saturated carbocycles. The minimum Gasteiger partial charge on any atom is -0.454 e. The van der Waals surface area contributed by atoms with E-state index in [2.05, 4.69) is 15.1 Å². The number of aromatic nitrogens is 4. The molecular weight excluding hydrogens is 492 g/mol. The lowest BCUT2D eigenvalue weighted by Crippen LogP contribution is -2.49.